The second kappa shape index (κ2) is 9.92. The van der Waals surface area contributed by atoms with Gasteiger partial charge in [0.05, 0.1) is 11.4 Å². The Balaban J connectivity index is 1.48. The van der Waals surface area contributed by atoms with Gasteiger partial charge in [0, 0.05) is 25.3 Å². The summed E-state index contributed by atoms with van der Waals surface area (Å²) in [6, 6.07) is 14.9. The summed E-state index contributed by atoms with van der Waals surface area (Å²) in [5.41, 5.74) is 3.09. The highest BCUT2D eigenvalue weighted by Crippen LogP contribution is 2.19. The summed E-state index contributed by atoms with van der Waals surface area (Å²) in [7, 11) is 0. The normalized spacial score (nSPS) is 10.7. The summed E-state index contributed by atoms with van der Waals surface area (Å²) in [4.78, 5) is 14.5. The van der Waals surface area contributed by atoms with Crippen LogP contribution in [0.5, 0.6) is 5.75 Å². The number of carbonyl (C=O) groups excluding carboxylic acids is 1. The first kappa shape index (κ1) is 20.7. The Hall–Kier alpha value is -3.07. The highest BCUT2D eigenvalue weighted by atomic mass is 32.2. The zero-order valence-electron chi connectivity index (χ0n) is 16.4. The quantitative estimate of drug-likeness (QED) is 0.521. The highest BCUT2D eigenvalue weighted by Gasteiger charge is 2.12. The summed E-state index contributed by atoms with van der Waals surface area (Å²) in [5.74, 6) is 0.312. The average molecular weight is 413 g/mol. The van der Waals surface area contributed by atoms with Crippen LogP contribution in [0, 0.1) is 6.92 Å². The summed E-state index contributed by atoms with van der Waals surface area (Å²) < 4.78 is 1.54. The van der Waals surface area contributed by atoms with E-state index in [1.54, 1.807) is 24.3 Å². The number of aromatic hydroxyl groups is 1. The smallest absolute Gasteiger partial charge is 0.230 e. The molecule has 0 aliphatic carbocycles. The van der Waals surface area contributed by atoms with Crippen LogP contribution in [0.2, 0.25) is 0 Å². The van der Waals surface area contributed by atoms with Crippen molar-refractivity contribution in [2.45, 2.75) is 19.0 Å². The number of amides is 1. The number of phenolic OH excluding ortho intramolecular Hbond substituents is 1. The van der Waals surface area contributed by atoms with E-state index < -0.39 is 0 Å². The number of likely N-dealkylation sites (N-methyl/N-ethyl adjacent to an activating group) is 1. The Bertz CT molecular complexity index is 944. The zero-order valence-corrected chi connectivity index (χ0v) is 17.3. The van der Waals surface area contributed by atoms with Gasteiger partial charge in [0.15, 0.2) is 0 Å². The topological polar surface area (TPSA) is 96.2 Å². The van der Waals surface area contributed by atoms with Gasteiger partial charge in [-0.25, -0.2) is 0 Å². The van der Waals surface area contributed by atoms with E-state index in [9.17, 15) is 9.90 Å². The maximum absolute atomic E-state index is 12.2. The van der Waals surface area contributed by atoms with Crippen LogP contribution in [0.3, 0.4) is 0 Å². The van der Waals surface area contributed by atoms with E-state index in [1.165, 1.54) is 22.0 Å². The minimum Gasteiger partial charge on any atom is -0.508 e. The van der Waals surface area contributed by atoms with Crippen LogP contribution >= 0.6 is 11.8 Å². The number of carbonyl (C=O) groups is 1. The molecule has 1 aromatic heterocycles. The lowest BCUT2D eigenvalue weighted by molar-refractivity contribution is -0.118. The van der Waals surface area contributed by atoms with Gasteiger partial charge in [0.2, 0.25) is 11.1 Å². The summed E-state index contributed by atoms with van der Waals surface area (Å²) in [5, 5.41) is 24.5. The van der Waals surface area contributed by atoms with Gasteiger partial charge in [0.1, 0.15) is 5.75 Å². The molecule has 3 aromatic rings. The Kier molecular flexibility index (Phi) is 7.07. The second-order valence-electron chi connectivity index (χ2n) is 6.45. The number of aryl methyl sites for hydroxylation is 1. The Morgan fingerprint density at radius 1 is 1.24 bits per heavy atom. The number of nitrogens with one attached hydrogen (secondary N) is 1. The lowest BCUT2D eigenvalue weighted by atomic mass is 10.2. The van der Waals surface area contributed by atoms with Crippen LogP contribution in [0.1, 0.15) is 12.5 Å². The van der Waals surface area contributed by atoms with Crippen molar-refractivity contribution in [3.63, 3.8) is 0 Å². The third-order valence-corrected chi connectivity index (χ3v) is 5.24. The van der Waals surface area contributed by atoms with E-state index in [1.807, 2.05) is 6.07 Å². The van der Waals surface area contributed by atoms with Gasteiger partial charge in [-0.05, 0) is 66.2 Å². The van der Waals surface area contributed by atoms with E-state index in [-0.39, 0.29) is 17.4 Å². The molecule has 9 heteroatoms. The average Bonchev–Trinajstić information content (AvgIpc) is 3.19. The first-order valence-electron chi connectivity index (χ1n) is 9.35. The molecule has 0 bridgehead atoms. The predicted octanol–water partition coefficient (Wildman–Crippen LogP) is 2.41. The molecule has 0 saturated carbocycles. The number of hydrogen-bond donors (Lipinski definition) is 2. The number of benzene rings is 2. The van der Waals surface area contributed by atoms with Crippen molar-refractivity contribution in [1.82, 2.24) is 25.5 Å². The monoisotopic (exact) mass is 412 g/mol. The van der Waals surface area contributed by atoms with Gasteiger partial charge in [-0.2, -0.15) is 4.68 Å². The molecule has 0 unspecified atom stereocenters. The molecule has 8 nitrogen and oxygen atoms in total. The van der Waals surface area contributed by atoms with Crippen molar-refractivity contribution in [2.75, 3.05) is 30.3 Å². The zero-order chi connectivity index (χ0) is 20.6. The minimum atomic E-state index is -0.0736. The molecule has 1 heterocycles. The van der Waals surface area contributed by atoms with Crippen LogP contribution in [0.4, 0.5) is 5.69 Å². The van der Waals surface area contributed by atoms with Crippen LogP contribution in [-0.2, 0) is 4.79 Å². The van der Waals surface area contributed by atoms with Crippen molar-refractivity contribution in [3.05, 3.63) is 54.1 Å². The van der Waals surface area contributed by atoms with Crippen LogP contribution in [-0.4, -0.2) is 56.6 Å². The van der Waals surface area contributed by atoms with Gasteiger partial charge in [-0.1, -0.05) is 23.9 Å². The molecule has 0 aliphatic heterocycles. The summed E-state index contributed by atoms with van der Waals surface area (Å²) >= 11 is 1.26. The Labute approximate surface area is 173 Å². The molecule has 0 radical (unpaired) electrons. The molecule has 0 aliphatic rings. The van der Waals surface area contributed by atoms with Crippen molar-refractivity contribution in [3.8, 4) is 11.4 Å². The number of phenols is 1. The second-order valence-corrected chi connectivity index (χ2v) is 7.39. The SMILES string of the molecule is CCN(CCNC(=O)CSc1nnnn1-c1ccc(O)cc1)c1cccc(C)c1. The maximum Gasteiger partial charge on any atom is 0.230 e. The first-order chi connectivity index (χ1) is 14.1. The molecule has 2 N–H and O–H groups in total. The van der Waals surface area contributed by atoms with Crippen LogP contribution < -0.4 is 10.2 Å². The number of rotatable bonds is 9. The molecule has 1 amide bonds. The maximum atomic E-state index is 12.2. The fourth-order valence-corrected chi connectivity index (χ4v) is 3.55. The fraction of sp³-hybridized carbons (Fsp3) is 0.300. The van der Waals surface area contributed by atoms with Gasteiger partial charge >= 0.3 is 0 Å². The number of aromatic nitrogens is 4. The number of tetrazole rings is 1. The lowest BCUT2D eigenvalue weighted by Gasteiger charge is -2.23. The van der Waals surface area contributed by atoms with Crippen LogP contribution in [0.25, 0.3) is 5.69 Å². The number of hydrogen-bond acceptors (Lipinski definition) is 7. The van der Waals surface area contributed by atoms with E-state index >= 15 is 0 Å². The van der Waals surface area contributed by atoms with Gasteiger partial charge < -0.3 is 15.3 Å². The molecule has 0 saturated heterocycles. The number of anilines is 1. The molecule has 0 spiro atoms. The number of nitrogens with zero attached hydrogens (tertiary/aromatic N) is 5. The molecule has 152 valence electrons. The van der Waals surface area contributed by atoms with Gasteiger partial charge in [0.25, 0.3) is 0 Å². The van der Waals surface area contributed by atoms with Gasteiger partial charge in [-0.3, -0.25) is 4.79 Å². The third kappa shape index (κ3) is 5.71. The molecule has 3 rings (SSSR count). The largest absolute Gasteiger partial charge is 0.508 e. The molecule has 2 aromatic carbocycles. The summed E-state index contributed by atoms with van der Waals surface area (Å²) in [6.45, 7) is 6.34. The number of thioether (sulfide) groups is 1. The molecular formula is C20H24N6O2S. The predicted molar refractivity (Wildman–Crippen MR) is 114 cm³/mol. The lowest BCUT2D eigenvalue weighted by Crippen LogP contribution is -2.35. The van der Waals surface area contributed by atoms with Gasteiger partial charge in [-0.15, -0.1) is 5.10 Å². The van der Waals surface area contributed by atoms with E-state index in [0.29, 0.717) is 17.4 Å². The standard InChI is InChI=1S/C20H24N6O2S/c1-3-25(17-6-4-5-15(2)13-17)12-11-21-19(28)14-29-20-22-23-24-26(20)16-7-9-18(27)10-8-16/h4-10,13,27H,3,11-12,14H2,1-2H3,(H,21,28). The summed E-state index contributed by atoms with van der Waals surface area (Å²) in [6.07, 6.45) is 0. The Morgan fingerprint density at radius 2 is 2.03 bits per heavy atom. The van der Waals surface area contributed by atoms with E-state index in [2.05, 4.69) is 57.8 Å². The minimum absolute atomic E-state index is 0.0736. The van der Waals surface area contributed by atoms with E-state index in [0.717, 1.165) is 18.8 Å². The third-order valence-electron chi connectivity index (χ3n) is 4.32. The molecule has 0 atom stereocenters. The van der Waals surface area contributed by atoms with Crippen molar-refractivity contribution >= 4 is 23.4 Å². The first-order valence-corrected chi connectivity index (χ1v) is 10.3. The fourth-order valence-electron chi connectivity index (χ4n) is 2.83. The molecule has 29 heavy (non-hydrogen) atoms. The highest BCUT2D eigenvalue weighted by molar-refractivity contribution is 7.99. The molecule has 0 fully saturated rings. The van der Waals surface area contributed by atoms with Crippen molar-refractivity contribution in [2.24, 2.45) is 0 Å². The van der Waals surface area contributed by atoms with Crippen LogP contribution in [0.15, 0.2) is 53.7 Å². The van der Waals surface area contributed by atoms with E-state index in [4.69, 9.17) is 0 Å². The van der Waals surface area contributed by atoms with Crippen molar-refractivity contribution < 1.29 is 9.90 Å². The van der Waals surface area contributed by atoms with Crippen molar-refractivity contribution in [1.29, 1.82) is 0 Å². The molecular weight excluding hydrogens is 388 g/mol. The Morgan fingerprint density at radius 3 is 2.76 bits per heavy atom.